The smallest absolute Gasteiger partial charge is 0.257 e. The number of H-pyrrole nitrogens is 1. The molecular formula is C7H12IN3O2S. The number of hydrogen-bond donors (Lipinski definition) is 2. The van der Waals surface area contributed by atoms with E-state index < -0.39 is 10.0 Å². The Hall–Kier alpha value is -0.150. The van der Waals surface area contributed by atoms with Crippen molar-refractivity contribution in [2.75, 3.05) is 11.0 Å². The second-order valence-electron chi connectivity index (χ2n) is 2.71. The molecule has 7 heteroatoms. The monoisotopic (exact) mass is 329 g/mol. The van der Waals surface area contributed by atoms with Crippen LogP contribution in [-0.2, 0) is 10.0 Å². The van der Waals surface area contributed by atoms with Gasteiger partial charge in [-0.2, -0.15) is 0 Å². The Kier molecular flexibility index (Phi) is 4.82. The lowest BCUT2D eigenvalue weighted by Gasteiger charge is -2.02. The maximum Gasteiger partial charge on any atom is 0.257 e. The van der Waals surface area contributed by atoms with Crippen LogP contribution in [0, 0.1) is 0 Å². The summed E-state index contributed by atoms with van der Waals surface area (Å²) in [7, 11) is -3.37. The molecule has 0 aliphatic carbocycles. The third kappa shape index (κ3) is 3.54. The van der Waals surface area contributed by atoms with Crippen LogP contribution in [0.2, 0.25) is 0 Å². The average molecular weight is 329 g/mol. The van der Waals surface area contributed by atoms with Gasteiger partial charge in [-0.15, -0.1) is 0 Å². The Bertz CT molecular complexity index is 349. The van der Waals surface area contributed by atoms with Crippen LogP contribution >= 0.6 is 22.6 Å². The van der Waals surface area contributed by atoms with Crippen molar-refractivity contribution in [3.63, 3.8) is 0 Å². The predicted octanol–water partition coefficient (Wildman–Crippen LogP) is 0.903. The standard InChI is InChI=1S/C7H12IN3O2S/c8-3-1-2-4-11-14(12,13)7-5-9-6-10-7/h5-6,11H,1-4H2,(H,9,10). The van der Waals surface area contributed by atoms with Gasteiger partial charge in [-0.3, -0.25) is 0 Å². The first-order chi connectivity index (χ1) is 6.67. The molecule has 0 bridgehead atoms. The zero-order valence-electron chi connectivity index (χ0n) is 7.53. The summed E-state index contributed by atoms with van der Waals surface area (Å²) in [5, 5.41) is 0.118. The van der Waals surface area contributed by atoms with Gasteiger partial charge in [-0.05, 0) is 17.3 Å². The highest BCUT2D eigenvalue weighted by molar-refractivity contribution is 14.1. The van der Waals surface area contributed by atoms with Crippen LogP contribution in [0.15, 0.2) is 17.6 Å². The number of alkyl halides is 1. The number of aromatic amines is 1. The molecule has 2 N–H and O–H groups in total. The van der Waals surface area contributed by atoms with Gasteiger partial charge < -0.3 is 4.98 Å². The summed E-state index contributed by atoms with van der Waals surface area (Å²) in [5.41, 5.74) is 0. The van der Waals surface area contributed by atoms with Gasteiger partial charge in [0, 0.05) is 6.54 Å². The van der Waals surface area contributed by atoms with Gasteiger partial charge in [0.05, 0.1) is 12.5 Å². The molecule has 1 rings (SSSR count). The molecule has 0 aromatic carbocycles. The Labute approximate surface area is 96.9 Å². The summed E-state index contributed by atoms with van der Waals surface area (Å²) < 4.78 is 26.5. The fourth-order valence-electron chi connectivity index (χ4n) is 0.894. The van der Waals surface area contributed by atoms with Crippen LogP contribution < -0.4 is 4.72 Å². The normalized spacial score (nSPS) is 11.8. The van der Waals surface area contributed by atoms with E-state index in [1.54, 1.807) is 0 Å². The molecule has 0 saturated carbocycles. The summed E-state index contributed by atoms with van der Waals surface area (Å²) in [6.07, 6.45) is 4.52. The SMILES string of the molecule is O=S(=O)(NCCCCI)c1cnc[nH]1. The Morgan fingerprint density at radius 1 is 1.50 bits per heavy atom. The number of nitrogens with one attached hydrogen (secondary N) is 2. The lowest BCUT2D eigenvalue weighted by molar-refractivity contribution is 0.575. The number of aromatic nitrogens is 2. The van der Waals surface area contributed by atoms with E-state index in [0.29, 0.717) is 6.54 Å². The van der Waals surface area contributed by atoms with E-state index in [-0.39, 0.29) is 5.03 Å². The lowest BCUT2D eigenvalue weighted by atomic mass is 10.3. The van der Waals surface area contributed by atoms with Gasteiger partial charge in [0.15, 0.2) is 5.03 Å². The third-order valence-corrected chi connectivity index (χ3v) is 3.76. The molecular weight excluding hydrogens is 317 g/mol. The number of hydrogen-bond acceptors (Lipinski definition) is 3. The minimum absolute atomic E-state index is 0.118. The molecule has 14 heavy (non-hydrogen) atoms. The molecule has 0 aliphatic rings. The van der Waals surface area contributed by atoms with Gasteiger partial charge in [-0.1, -0.05) is 22.6 Å². The molecule has 0 radical (unpaired) electrons. The van der Waals surface area contributed by atoms with Crippen molar-refractivity contribution in [3.8, 4) is 0 Å². The zero-order chi connectivity index (χ0) is 10.4. The first-order valence-corrected chi connectivity index (χ1v) is 7.21. The highest BCUT2D eigenvalue weighted by Gasteiger charge is 2.13. The lowest BCUT2D eigenvalue weighted by Crippen LogP contribution is -2.25. The Morgan fingerprint density at radius 3 is 2.86 bits per heavy atom. The van der Waals surface area contributed by atoms with E-state index in [4.69, 9.17) is 0 Å². The van der Waals surface area contributed by atoms with Crippen LogP contribution in [0.5, 0.6) is 0 Å². The number of sulfonamides is 1. The van der Waals surface area contributed by atoms with Crippen molar-refractivity contribution in [3.05, 3.63) is 12.5 Å². The molecule has 0 fully saturated rings. The van der Waals surface area contributed by atoms with E-state index in [9.17, 15) is 8.42 Å². The molecule has 0 saturated heterocycles. The van der Waals surface area contributed by atoms with Crippen LogP contribution in [0.3, 0.4) is 0 Å². The van der Waals surface area contributed by atoms with Gasteiger partial charge in [-0.25, -0.2) is 18.1 Å². The maximum atomic E-state index is 11.5. The first kappa shape index (κ1) is 11.9. The molecule has 0 atom stereocenters. The van der Waals surface area contributed by atoms with Crippen molar-refractivity contribution < 1.29 is 8.42 Å². The number of nitrogens with zero attached hydrogens (tertiary/aromatic N) is 1. The zero-order valence-corrected chi connectivity index (χ0v) is 10.5. The predicted molar refractivity (Wildman–Crippen MR) is 61.9 cm³/mol. The van der Waals surface area contributed by atoms with Crippen molar-refractivity contribution in [1.82, 2.24) is 14.7 Å². The van der Waals surface area contributed by atoms with Crippen LogP contribution in [0.25, 0.3) is 0 Å². The van der Waals surface area contributed by atoms with Gasteiger partial charge in [0.1, 0.15) is 0 Å². The molecule has 80 valence electrons. The van der Waals surface area contributed by atoms with Crippen LogP contribution in [0.1, 0.15) is 12.8 Å². The summed E-state index contributed by atoms with van der Waals surface area (Å²) in [5.74, 6) is 0. The van der Waals surface area contributed by atoms with Crippen molar-refractivity contribution in [2.24, 2.45) is 0 Å². The van der Waals surface area contributed by atoms with Crippen molar-refractivity contribution in [1.29, 1.82) is 0 Å². The second kappa shape index (κ2) is 5.66. The first-order valence-electron chi connectivity index (χ1n) is 4.21. The number of imidazole rings is 1. The van der Waals surface area contributed by atoms with E-state index in [0.717, 1.165) is 17.3 Å². The fourth-order valence-corrected chi connectivity index (χ4v) is 2.41. The summed E-state index contributed by atoms with van der Waals surface area (Å²) in [6, 6.07) is 0. The van der Waals surface area contributed by atoms with E-state index in [2.05, 4.69) is 37.3 Å². The molecule has 1 heterocycles. The molecule has 0 amide bonds. The van der Waals surface area contributed by atoms with E-state index in [1.807, 2.05) is 0 Å². The van der Waals surface area contributed by atoms with E-state index in [1.165, 1.54) is 12.5 Å². The second-order valence-corrected chi connectivity index (χ2v) is 5.52. The van der Waals surface area contributed by atoms with Crippen molar-refractivity contribution >= 4 is 32.6 Å². The quantitative estimate of drug-likeness (QED) is 0.463. The van der Waals surface area contributed by atoms with Gasteiger partial charge >= 0.3 is 0 Å². The largest absolute Gasteiger partial charge is 0.335 e. The molecule has 0 aliphatic heterocycles. The summed E-state index contributed by atoms with van der Waals surface area (Å²) in [4.78, 5) is 6.21. The number of rotatable bonds is 6. The molecule has 0 unspecified atom stereocenters. The van der Waals surface area contributed by atoms with Crippen LogP contribution in [0.4, 0.5) is 0 Å². The number of unbranched alkanes of at least 4 members (excludes halogenated alkanes) is 1. The average Bonchev–Trinajstić information content (AvgIpc) is 2.65. The molecule has 1 aromatic heterocycles. The fraction of sp³-hybridized carbons (Fsp3) is 0.571. The van der Waals surface area contributed by atoms with Gasteiger partial charge in [0.2, 0.25) is 0 Å². The summed E-state index contributed by atoms with van der Waals surface area (Å²) >= 11 is 2.27. The maximum absolute atomic E-state index is 11.5. The van der Waals surface area contributed by atoms with Gasteiger partial charge in [0.25, 0.3) is 10.0 Å². The highest BCUT2D eigenvalue weighted by atomic mass is 127. The Morgan fingerprint density at radius 2 is 2.29 bits per heavy atom. The summed E-state index contributed by atoms with van der Waals surface area (Å²) in [6.45, 7) is 0.477. The minimum Gasteiger partial charge on any atom is -0.335 e. The Balaban J connectivity index is 2.44. The van der Waals surface area contributed by atoms with Crippen LogP contribution in [-0.4, -0.2) is 29.4 Å². The molecule has 1 aromatic rings. The minimum atomic E-state index is -3.37. The third-order valence-electron chi connectivity index (χ3n) is 1.62. The van der Waals surface area contributed by atoms with E-state index >= 15 is 0 Å². The highest BCUT2D eigenvalue weighted by Crippen LogP contribution is 2.02. The number of halogens is 1. The molecule has 5 nitrogen and oxygen atoms in total. The topological polar surface area (TPSA) is 74.8 Å². The molecule has 0 spiro atoms. The van der Waals surface area contributed by atoms with Crippen molar-refractivity contribution in [2.45, 2.75) is 17.9 Å².